The van der Waals surface area contributed by atoms with E-state index in [2.05, 4.69) is 14.5 Å². The van der Waals surface area contributed by atoms with Crippen molar-refractivity contribution in [2.45, 2.75) is 32.5 Å². The van der Waals surface area contributed by atoms with E-state index < -0.39 is 0 Å². The van der Waals surface area contributed by atoms with Crippen LogP contribution >= 0.6 is 0 Å². The second-order valence-electron chi connectivity index (χ2n) is 5.45. The van der Waals surface area contributed by atoms with Crippen molar-refractivity contribution in [3.05, 3.63) is 47.8 Å². The Bertz CT molecular complexity index is 653. The van der Waals surface area contributed by atoms with Crippen LogP contribution in [0.4, 0.5) is 0 Å². The maximum atomic E-state index is 12.5. The Morgan fingerprint density at radius 2 is 2.23 bits per heavy atom. The number of methoxy groups -OCH3 is 1. The van der Waals surface area contributed by atoms with Crippen LogP contribution < -0.4 is 0 Å². The number of aromatic nitrogens is 3. The van der Waals surface area contributed by atoms with Gasteiger partial charge in [-0.1, -0.05) is 6.07 Å². The van der Waals surface area contributed by atoms with Crippen LogP contribution in [0.1, 0.15) is 30.2 Å². The quantitative estimate of drug-likeness (QED) is 0.860. The van der Waals surface area contributed by atoms with Crippen molar-refractivity contribution in [3.8, 4) is 0 Å². The van der Waals surface area contributed by atoms with Crippen molar-refractivity contribution in [3.63, 3.8) is 0 Å². The average molecular weight is 300 g/mol. The van der Waals surface area contributed by atoms with Gasteiger partial charge in [-0.2, -0.15) is 0 Å². The Morgan fingerprint density at radius 3 is 2.95 bits per heavy atom. The van der Waals surface area contributed by atoms with E-state index in [-0.39, 0.29) is 11.9 Å². The summed E-state index contributed by atoms with van der Waals surface area (Å²) in [5.74, 6) is 1.02. The summed E-state index contributed by atoms with van der Waals surface area (Å²) in [4.78, 5) is 23.1. The first-order chi connectivity index (χ1) is 10.7. The van der Waals surface area contributed by atoms with Crippen molar-refractivity contribution in [2.24, 2.45) is 0 Å². The first-order valence-electron chi connectivity index (χ1n) is 7.43. The third-order valence-corrected chi connectivity index (χ3v) is 4.05. The van der Waals surface area contributed by atoms with Gasteiger partial charge in [0.1, 0.15) is 5.82 Å². The van der Waals surface area contributed by atoms with Crippen LogP contribution in [0.25, 0.3) is 0 Å². The number of hydrogen-bond donors (Lipinski definition) is 0. The normalized spacial score (nSPS) is 17.4. The molecule has 22 heavy (non-hydrogen) atoms. The molecule has 0 N–H and O–H groups in total. The van der Waals surface area contributed by atoms with Crippen molar-refractivity contribution < 1.29 is 9.53 Å². The number of nitrogens with zero attached hydrogens (tertiary/aromatic N) is 4. The lowest BCUT2D eigenvalue weighted by Gasteiger charge is -2.34. The molecule has 0 bridgehead atoms. The summed E-state index contributed by atoms with van der Waals surface area (Å²) in [6.07, 6.45) is 3.88. The van der Waals surface area contributed by atoms with Gasteiger partial charge in [-0.15, -0.1) is 0 Å². The molecule has 1 aliphatic heterocycles. The minimum atomic E-state index is -0.0319. The van der Waals surface area contributed by atoms with E-state index >= 15 is 0 Å². The van der Waals surface area contributed by atoms with E-state index in [0.29, 0.717) is 19.6 Å². The summed E-state index contributed by atoms with van der Waals surface area (Å²) in [6.45, 7) is 4.01. The van der Waals surface area contributed by atoms with E-state index in [1.54, 1.807) is 13.3 Å². The van der Waals surface area contributed by atoms with Gasteiger partial charge in [0.15, 0.2) is 0 Å². The van der Waals surface area contributed by atoms with Gasteiger partial charge in [0.25, 0.3) is 0 Å². The van der Waals surface area contributed by atoms with Gasteiger partial charge in [-0.25, -0.2) is 4.98 Å². The largest absolute Gasteiger partial charge is 0.378 e. The lowest BCUT2D eigenvalue weighted by Crippen LogP contribution is -2.42. The Morgan fingerprint density at radius 1 is 1.36 bits per heavy atom. The van der Waals surface area contributed by atoms with E-state index in [1.165, 1.54) is 0 Å². The zero-order valence-electron chi connectivity index (χ0n) is 12.9. The van der Waals surface area contributed by atoms with Crippen LogP contribution in [0.3, 0.4) is 0 Å². The highest BCUT2D eigenvalue weighted by Gasteiger charge is 2.30. The number of pyridine rings is 1. The van der Waals surface area contributed by atoms with Crippen LogP contribution in [0, 0.1) is 0 Å². The molecule has 0 aliphatic carbocycles. The second kappa shape index (κ2) is 6.27. The highest BCUT2D eigenvalue weighted by molar-refractivity contribution is 5.78. The number of carbonyl (C=O) groups excluding carboxylic acids is 1. The third kappa shape index (κ3) is 2.74. The van der Waals surface area contributed by atoms with Crippen molar-refractivity contribution in [1.29, 1.82) is 0 Å². The summed E-state index contributed by atoms with van der Waals surface area (Å²) < 4.78 is 7.34. The molecule has 0 fully saturated rings. The topological polar surface area (TPSA) is 60.2 Å². The summed E-state index contributed by atoms with van der Waals surface area (Å²) in [6, 6.07) is 5.60. The van der Waals surface area contributed by atoms with Crippen molar-refractivity contribution >= 4 is 5.91 Å². The molecule has 116 valence electrons. The Labute approximate surface area is 129 Å². The second-order valence-corrected chi connectivity index (χ2v) is 5.45. The van der Waals surface area contributed by atoms with E-state index in [9.17, 15) is 4.79 Å². The van der Waals surface area contributed by atoms with Gasteiger partial charge in [-0.3, -0.25) is 9.78 Å². The van der Waals surface area contributed by atoms with Crippen molar-refractivity contribution in [1.82, 2.24) is 19.4 Å². The molecule has 3 heterocycles. The minimum absolute atomic E-state index is 0.0319. The SMILES string of the molecule is COCc1cnc2n1CCN(C(=O)Cc1ccccn1)[C@@H]2C. The van der Waals surface area contributed by atoms with E-state index in [0.717, 1.165) is 23.8 Å². The predicted molar refractivity (Wildman–Crippen MR) is 81.0 cm³/mol. The molecule has 2 aromatic rings. The molecule has 6 heteroatoms. The molecular weight excluding hydrogens is 280 g/mol. The molecule has 1 amide bonds. The lowest BCUT2D eigenvalue weighted by molar-refractivity contribution is -0.133. The zero-order valence-corrected chi connectivity index (χ0v) is 12.9. The highest BCUT2D eigenvalue weighted by atomic mass is 16.5. The number of amides is 1. The number of fused-ring (bicyclic) bond motifs is 1. The molecule has 0 saturated heterocycles. The molecule has 0 aromatic carbocycles. The fourth-order valence-corrected chi connectivity index (χ4v) is 2.92. The number of hydrogen-bond acceptors (Lipinski definition) is 4. The Kier molecular flexibility index (Phi) is 4.20. The number of ether oxygens (including phenoxy) is 1. The number of rotatable bonds is 4. The molecule has 0 radical (unpaired) electrons. The van der Waals surface area contributed by atoms with E-state index in [1.807, 2.05) is 36.2 Å². The molecule has 1 aliphatic rings. The minimum Gasteiger partial charge on any atom is -0.378 e. The fourth-order valence-electron chi connectivity index (χ4n) is 2.92. The highest BCUT2D eigenvalue weighted by Crippen LogP contribution is 2.26. The monoisotopic (exact) mass is 300 g/mol. The first-order valence-corrected chi connectivity index (χ1v) is 7.43. The van der Waals surface area contributed by atoms with E-state index in [4.69, 9.17) is 4.74 Å². The molecule has 6 nitrogen and oxygen atoms in total. The van der Waals surface area contributed by atoms with Crippen LogP contribution in [-0.2, 0) is 29.1 Å². The first kappa shape index (κ1) is 14.7. The van der Waals surface area contributed by atoms with Crippen molar-refractivity contribution in [2.75, 3.05) is 13.7 Å². The van der Waals surface area contributed by atoms with Gasteiger partial charge < -0.3 is 14.2 Å². The summed E-state index contributed by atoms with van der Waals surface area (Å²) in [5.41, 5.74) is 1.86. The predicted octanol–water partition coefficient (Wildman–Crippen LogP) is 1.57. The lowest BCUT2D eigenvalue weighted by atomic mass is 10.1. The molecule has 0 spiro atoms. The smallest absolute Gasteiger partial charge is 0.229 e. The van der Waals surface area contributed by atoms with Gasteiger partial charge in [0.05, 0.1) is 31.0 Å². The maximum Gasteiger partial charge on any atom is 0.229 e. The van der Waals surface area contributed by atoms with Crippen LogP contribution in [0.5, 0.6) is 0 Å². The van der Waals surface area contributed by atoms with Crippen LogP contribution in [-0.4, -0.2) is 39.0 Å². The summed E-state index contributed by atoms with van der Waals surface area (Å²) in [5, 5.41) is 0. The van der Waals surface area contributed by atoms with Gasteiger partial charge in [-0.05, 0) is 19.1 Å². The Hall–Kier alpha value is -2.21. The zero-order chi connectivity index (χ0) is 15.5. The molecular formula is C16H20N4O2. The third-order valence-electron chi connectivity index (χ3n) is 4.05. The maximum absolute atomic E-state index is 12.5. The number of imidazole rings is 1. The molecule has 0 unspecified atom stereocenters. The molecule has 2 aromatic heterocycles. The Balaban J connectivity index is 1.75. The average Bonchev–Trinajstić information content (AvgIpc) is 2.93. The molecule has 1 atom stereocenters. The number of carbonyl (C=O) groups is 1. The van der Waals surface area contributed by atoms with Crippen LogP contribution in [0.15, 0.2) is 30.6 Å². The molecule has 3 rings (SSSR count). The summed E-state index contributed by atoms with van der Waals surface area (Å²) in [7, 11) is 1.68. The van der Waals surface area contributed by atoms with Gasteiger partial charge in [0.2, 0.25) is 5.91 Å². The summed E-state index contributed by atoms with van der Waals surface area (Å²) >= 11 is 0. The fraction of sp³-hybridized carbons (Fsp3) is 0.438. The standard InChI is InChI=1S/C16H20N4O2/c1-12-16-18-10-14(11-22-2)20(16)8-7-19(12)15(21)9-13-5-3-4-6-17-13/h3-6,10,12H,7-9,11H2,1-2H3/t12-/m1/s1. The molecule has 0 saturated carbocycles. The van der Waals surface area contributed by atoms with Gasteiger partial charge in [0, 0.05) is 32.1 Å². The van der Waals surface area contributed by atoms with Crippen LogP contribution in [0.2, 0.25) is 0 Å². The van der Waals surface area contributed by atoms with Gasteiger partial charge >= 0.3 is 0 Å².